The Bertz CT molecular complexity index is 1160. The molecule has 4 rings (SSSR count). The molecule has 8 heteroatoms. The van der Waals surface area contributed by atoms with Crippen molar-refractivity contribution >= 4 is 34.8 Å². The number of aliphatic hydroxyl groups is 1. The van der Waals surface area contributed by atoms with Crippen molar-refractivity contribution < 1.29 is 5.11 Å². The highest BCUT2D eigenvalue weighted by molar-refractivity contribution is 6.30. The van der Waals surface area contributed by atoms with Gasteiger partial charge in [-0.1, -0.05) is 48.0 Å². The molecule has 0 bridgehead atoms. The lowest BCUT2D eigenvalue weighted by atomic mass is 10.1. The Balaban J connectivity index is 1.62. The molecule has 3 N–H and O–H groups in total. The van der Waals surface area contributed by atoms with Crippen molar-refractivity contribution in [3.8, 4) is 0 Å². The lowest BCUT2D eigenvalue weighted by molar-refractivity contribution is 0.273. The smallest absolute Gasteiger partial charge is 0.256 e. The van der Waals surface area contributed by atoms with Crippen LogP contribution in [0.1, 0.15) is 16.8 Å². The average Bonchev–Trinajstić information content (AvgIpc) is 3.13. The van der Waals surface area contributed by atoms with Gasteiger partial charge in [0.15, 0.2) is 0 Å². The first-order chi connectivity index (χ1) is 14.5. The molecule has 154 valence electrons. The third-order valence-corrected chi connectivity index (χ3v) is 5.02. The summed E-state index contributed by atoms with van der Waals surface area (Å²) in [5, 5.41) is 21.7. The molecule has 0 aliphatic heterocycles. The van der Waals surface area contributed by atoms with Gasteiger partial charge in [0, 0.05) is 22.5 Å². The molecule has 0 fully saturated rings. The predicted octanol–water partition coefficient (Wildman–Crippen LogP) is 4.15. The number of halogens is 1. The molecule has 4 aromatic rings. The van der Waals surface area contributed by atoms with E-state index in [0.717, 1.165) is 28.3 Å². The van der Waals surface area contributed by atoms with Crippen LogP contribution in [0.25, 0.3) is 5.78 Å². The lowest BCUT2D eigenvalue weighted by Gasteiger charge is -2.18. The summed E-state index contributed by atoms with van der Waals surface area (Å²) in [7, 11) is 0. The number of nitrogens with one attached hydrogen (secondary N) is 2. The van der Waals surface area contributed by atoms with E-state index in [1.54, 1.807) is 4.52 Å². The topological polar surface area (TPSA) is 87.4 Å². The van der Waals surface area contributed by atoms with E-state index in [9.17, 15) is 5.11 Å². The number of anilines is 3. The van der Waals surface area contributed by atoms with Crippen molar-refractivity contribution in [2.75, 3.05) is 17.2 Å². The number of benzene rings is 2. The zero-order valence-electron chi connectivity index (χ0n) is 16.8. The molecule has 2 heterocycles. The first kappa shape index (κ1) is 20.1. The first-order valence-electron chi connectivity index (χ1n) is 9.71. The summed E-state index contributed by atoms with van der Waals surface area (Å²) < 4.78 is 1.64. The SMILES string of the molecule is Cc1cc(NC(CO)Cc2ccccc2)n2nc(Nc3cc(Cl)ccc3C)nc2n1. The molecular formula is C22H23ClN6O. The van der Waals surface area contributed by atoms with E-state index in [1.165, 1.54) is 0 Å². The Hall–Kier alpha value is -3.16. The van der Waals surface area contributed by atoms with E-state index in [2.05, 4.69) is 25.7 Å². The van der Waals surface area contributed by atoms with Gasteiger partial charge in [-0.15, -0.1) is 5.10 Å². The van der Waals surface area contributed by atoms with E-state index >= 15 is 0 Å². The van der Waals surface area contributed by atoms with E-state index in [1.807, 2.05) is 68.4 Å². The van der Waals surface area contributed by atoms with Crippen LogP contribution in [0.15, 0.2) is 54.6 Å². The molecule has 0 saturated heterocycles. The monoisotopic (exact) mass is 422 g/mol. The summed E-state index contributed by atoms with van der Waals surface area (Å²) in [6.45, 7) is 3.87. The zero-order valence-corrected chi connectivity index (χ0v) is 17.6. The molecule has 2 aromatic heterocycles. The van der Waals surface area contributed by atoms with Crippen molar-refractivity contribution in [2.45, 2.75) is 26.3 Å². The van der Waals surface area contributed by atoms with Crippen LogP contribution in [-0.2, 0) is 6.42 Å². The summed E-state index contributed by atoms with van der Waals surface area (Å²) >= 11 is 6.12. The molecule has 0 aliphatic carbocycles. The first-order valence-corrected chi connectivity index (χ1v) is 10.1. The second kappa shape index (κ2) is 8.69. The lowest BCUT2D eigenvalue weighted by Crippen LogP contribution is -2.27. The summed E-state index contributed by atoms with van der Waals surface area (Å²) in [5.74, 6) is 1.61. The van der Waals surface area contributed by atoms with Crippen molar-refractivity contribution in [3.05, 3.63) is 76.4 Å². The van der Waals surface area contributed by atoms with Crippen LogP contribution in [0.2, 0.25) is 5.02 Å². The van der Waals surface area contributed by atoms with Crippen LogP contribution in [0, 0.1) is 13.8 Å². The van der Waals surface area contributed by atoms with Gasteiger partial charge < -0.3 is 15.7 Å². The third-order valence-electron chi connectivity index (χ3n) is 4.78. The molecule has 7 nitrogen and oxygen atoms in total. The van der Waals surface area contributed by atoms with Crippen LogP contribution < -0.4 is 10.6 Å². The molecule has 30 heavy (non-hydrogen) atoms. The molecule has 0 aliphatic rings. The van der Waals surface area contributed by atoms with Crippen molar-refractivity contribution in [3.63, 3.8) is 0 Å². The maximum absolute atomic E-state index is 9.90. The maximum Gasteiger partial charge on any atom is 0.256 e. The van der Waals surface area contributed by atoms with Gasteiger partial charge in [0.25, 0.3) is 5.78 Å². The zero-order chi connectivity index (χ0) is 21.1. The molecule has 0 radical (unpaired) electrons. The molecule has 0 amide bonds. The van der Waals surface area contributed by atoms with Crippen molar-refractivity contribution in [1.82, 2.24) is 19.6 Å². The average molecular weight is 423 g/mol. The Kier molecular flexibility index (Phi) is 5.83. The quantitative estimate of drug-likeness (QED) is 0.414. The van der Waals surface area contributed by atoms with E-state index in [0.29, 0.717) is 23.2 Å². The molecular weight excluding hydrogens is 400 g/mol. The third kappa shape index (κ3) is 4.53. The molecule has 0 spiro atoms. The molecule has 2 aromatic carbocycles. The number of rotatable bonds is 7. The highest BCUT2D eigenvalue weighted by atomic mass is 35.5. The fourth-order valence-corrected chi connectivity index (χ4v) is 3.43. The van der Waals surface area contributed by atoms with Gasteiger partial charge in [-0.05, 0) is 43.5 Å². The molecule has 1 unspecified atom stereocenters. The van der Waals surface area contributed by atoms with E-state index in [-0.39, 0.29) is 12.6 Å². The Morgan fingerprint density at radius 3 is 2.63 bits per heavy atom. The summed E-state index contributed by atoms with van der Waals surface area (Å²) in [5.41, 5.74) is 3.81. The summed E-state index contributed by atoms with van der Waals surface area (Å²) in [4.78, 5) is 8.98. The van der Waals surface area contributed by atoms with Gasteiger partial charge in [0.1, 0.15) is 5.82 Å². The summed E-state index contributed by atoms with van der Waals surface area (Å²) in [6, 6.07) is 17.4. The molecule has 1 atom stereocenters. The number of aromatic nitrogens is 4. The Morgan fingerprint density at radius 2 is 1.87 bits per heavy atom. The number of hydrogen-bond acceptors (Lipinski definition) is 6. The predicted molar refractivity (Wildman–Crippen MR) is 120 cm³/mol. The van der Waals surface area contributed by atoms with Gasteiger partial charge in [0.05, 0.1) is 12.6 Å². The standard InChI is InChI=1S/C22H23ClN6O/c1-14-8-9-17(23)12-19(14)26-21-27-22-24-15(2)10-20(29(22)28-21)25-18(13-30)11-16-6-4-3-5-7-16/h3-10,12,18,25,30H,11,13H2,1-2H3,(H,26,28). The number of aliphatic hydroxyl groups excluding tert-OH is 1. The Labute approximate surface area is 179 Å². The minimum Gasteiger partial charge on any atom is -0.394 e. The van der Waals surface area contributed by atoms with E-state index in [4.69, 9.17) is 11.6 Å². The highest BCUT2D eigenvalue weighted by Crippen LogP contribution is 2.24. The second-order valence-corrected chi connectivity index (χ2v) is 7.66. The van der Waals surface area contributed by atoms with Crippen molar-refractivity contribution in [2.24, 2.45) is 0 Å². The normalized spacial score (nSPS) is 12.1. The van der Waals surface area contributed by atoms with Gasteiger partial charge >= 0.3 is 0 Å². The number of hydrogen-bond donors (Lipinski definition) is 3. The van der Waals surface area contributed by atoms with Crippen molar-refractivity contribution in [1.29, 1.82) is 0 Å². The van der Waals surface area contributed by atoms with Gasteiger partial charge in [-0.25, -0.2) is 4.98 Å². The second-order valence-electron chi connectivity index (χ2n) is 7.23. The van der Waals surface area contributed by atoms with Gasteiger partial charge in [-0.3, -0.25) is 0 Å². The number of nitrogens with zero attached hydrogens (tertiary/aromatic N) is 4. The van der Waals surface area contributed by atoms with Gasteiger partial charge in [0.2, 0.25) is 5.95 Å². The van der Waals surface area contributed by atoms with E-state index < -0.39 is 0 Å². The minimum absolute atomic E-state index is 0.0146. The van der Waals surface area contributed by atoms with Crippen LogP contribution >= 0.6 is 11.6 Å². The van der Waals surface area contributed by atoms with Crippen LogP contribution in [-0.4, -0.2) is 37.3 Å². The minimum atomic E-state index is -0.173. The Morgan fingerprint density at radius 1 is 1.07 bits per heavy atom. The van der Waals surface area contributed by atoms with Crippen LogP contribution in [0.5, 0.6) is 0 Å². The maximum atomic E-state index is 9.90. The highest BCUT2D eigenvalue weighted by Gasteiger charge is 2.15. The molecule has 0 saturated carbocycles. The van der Waals surface area contributed by atoms with Gasteiger partial charge in [-0.2, -0.15) is 9.50 Å². The fourth-order valence-electron chi connectivity index (χ4n) is 3.26. The number of fused-ring (bicyclic) bond motifs is 1. The summed E-state index contributed by atoms with van der Waals surface area (Å²) in [6.07, 6.45) is 0.682. The van der Waals surface area contributed by atoms with Crippen LogP contribution in [0.3, 0.4) is 0 Å². The number of aryl methyl sites for hydroxylation is 2. The largest absolute Gasteiger partial charge is 0.394 e. The fraction of sp³-hybridized carbons (Fsp3) is 0.227. The van der Waals surface area contributed by atoms with Crippen LogP contribution in [0.4, 0.5) is 17.5 Å².